The minimum atomic E-state index is -2.60. The van der Waals surface area contributed by atoms with Gasteiger partial charge in [-0.15, -0.1) is 0 Å². The van der Waals surface area contributed by atoms with E-state index in [1.165, 1.54) is 16.3 Å². The van der Waals surface area contributed by atoms with E-state index >= 15 is 0 Å². The zero-order chi connectivity index (χ0) is 20.9. The molecule has 0 fully saturated rings. The first-order chi connectivity index (χ1) is 12.8. The molecule has 0 saturated heterocycles. The van der Waals surface area contributed by atoms with E-state index in [-0.39, 0.29) is 5.41 Å². The van der Waals surface area contributed by atoms with Crippen molar-refractivity contribution in [1.82, 2.24) is 4.98 Å². The fraction of sp³-hybridized carbons (Fsp3) is 0.375. The van der Waals surface area contributed by atoms with Crippen LogP contribution in [-0.2, 0) is 10.6 Å². The monoisotopic (exact) mass is 409 g/mol. The molecule has 0 atom stereocenters. The van der Waals surface area contributed by atoms with Gasteiger partial charge in [-0.1, -0.05) is 0 Å². The maximum atomic E-state index is 8.81. The number of pyridine rings is 1. The van der Waals surface area contributed by atoms with Gasteiger partial charge in [0.15, 0.2) is 0 Å². The number of rotatable bonds is 3. The van der Waals surface area contributed by atoms with Crippen LogP contribution in [0.15, 0.2) is 48.7 Å². The molecule has 1 heterocycles. The minimum absolute atomic E-state index is 0.0124. The van der Waals surface area contributed by atoms with Crippen molar-refractivity contribution in [3.8, 4) is 11.3 Å². The molecule has 1 nitrogen and oxygen atoms in total. The SMILES string of the molecule is [2H][C]([2H])(c1cc(-c2cc(C(C)(C)C)c3ccccc3c2)ncc1C)[Ge]([CH3])([CH3])[CH3]. The Balaban J connectivity index is 2.26. The third-order valence-corrected chi connectivity index (χ3v) is 6.72. The Morgan fingerprint density at radius 3 is 2.38 bits per heavy atom. The van der Waals surface area contributed by atoms with Gasteiger partial charge in [0, 0.05) is 0 Å². The fourth-order valence-electron chi connectivity index (χ4n) is 3.30. The van der Waals surface area contributed by atoms with E-state index in [0.29, 0.717) is 0 Å². The Morgan fingerprint density at radius 2 is 1.73 bits per heavy atom. The molecule has 1 aromatic heterocycles. The van der Waals surface area contributed by atoms with Crippen molar-refractivity contribution in [2.24, 2.45) is 0 Å². The second-order valence-electron chi connectivity index (χ2n) is 9.25. The van der Waals surface area contributed by atoms with Gasteiger partial charge in [0.25, 0.3) is 0 Å². The summed E-state index contributed by atoms with van der Waals surface area (Å²) in [4.78, 5) is 4.69. The van der Waals surface area contributed by atoms with Crippen LogP contribution in [0.4, 0.5) is 0 Å². The molecule has 0 saturated carbocycles. The van der Waals surface area contributed by atoms with Gasteiger partial charge >= 0.3 is 164 Å². The molecule has 0 N–H and O–H groups in total. The fourth-order valence-corrected chi connectivity index (χ4v) is 5.56. The van der Waals surface area contributed by atoms with Crippen LogP contribution in [0.3, 0.4) is 0 Å². The van der Waals surface area contributed by atoms with Gasteiger partial charge < -0.3 is 0 Å². The number of fused-ring (bicyclic) bond motifs is 1. The second-order valence-corrected chi connectivity index (χ2v) is 19.2. The van der Waals surface area contributed by atoms with Crippen LogP contribution in [0.2, 0.25) is 17.3 Å². The average molecular weight is 408 g/mol. The third kappa shape index (κ3) is 4.20. The number of aromatic nitrogens is 1. The van der Waals surface area contributed by atoms with E-state index in [9.17, 15) is 0 Å². The summed E-state index contributed by atoms with van der Waals surface area (Å²) in [7, 11) is 0. The van der Waals surface area contributed by atoms with Gasteiger partial charge in [-0.2, -0.15) is 0 Å². The van der Waals surface area contributed by atoms with Gasteiger partial charge in [0.05, 0.1) is 0 Å². The van der Waals surface area contributed by atoms with Crippen LogP contribution in [0.1, 0.15) is 40.2 Å². The van der Waals surface area contributed by atoms with Gasteiger partial charge in [0.2, 0.25) is 0 Å². The number of hydrogen-bond donors (Lipinski definition) is 0. The predicted molar refractivity (Wildman–Crippen MR) is 118 cm³/mol. The number of aryl methyl sites for hydroxylation is 1. The Kier molecular flexibility index (Phi) is 4.36. The first-order valence-electron chi connectivity index (χ1n) is 10.3. The van der Waals surface area contributed by atoms with Crippen LogP contribution in [0.25, 0.3) is 22.0 Å². The zero-order valence-electron chi connectivity index (χ0n) is 19.1. The Morgan fingerprint density at radius 1 is 1.04 bits per heavy atom. The Hall–Kier alpha value is -1.61. The standard InChI is InChI=1S/C24H31GeN/c1-17-16-26-23(14-20(17)15-25(5,6)7)19-12-18-10-8-9-11-21(18)22(13-19)24(2,3)4/h8-14,16H,15H2,1-7H3/i15D2. The summed E-state index contributed by atoms with van der Waals surface area (Å²) in [6, 6.07) is 14.9. The number of nitrogens with zero attached hydrogens (tertiary/aromatic N) is 1. The van der Waals surface area contributed by atoms with E-state index in [1.807, 2.05) is 19.2 Å². The molecular weight excluding hydrogens is 375 g/mol. The van der Waals surface area contributed by atoms with Crippen LogP contribution in [0.5, 0.6) is 0 Å². The molecule has 0 aliphatic rings. The summed E-state index contributed by atoms with van der Waals surface area (Å²) in [5, 5.41) is 1.21. The van der Waals surface area contributed by atoms with E-state index in [4.69, 9.17) is 2.74 Å². The molecule has 136 valence electrons. The average Bonchev–Trinajstić information content (AvgIpc) is 2.59. The van der Waals surface area contributed by atoms with Gasteiger partial charge in [0.1, 0.15) is 0 Å². The Labute approximate surface area is 164 Å². The van der Waals surface area contributed by atoms with E-state index in [1.54, 1.807) is 0 Å². The molecule has 2 heteroatoms. The molecule has 0 aliphatic carbocycles. The normalized spacial score (nSPS) is 14.3. The second kappa shape index (κ2) is 6.85. The van der Waals surface area contributed by atoms with E-state index in [0.717, 1.165) is 22.4 Å². The van der Waals surface area contributed by atoms with Crippen molar-refractivity contribution < 1.29 is 2.74 Å². The van der Waals surface area contributed by atoms with Crippen molar-refractivity contribution in [2.45, 2.75) is 55.6 Å². The van der Waals surface area contributed by atoms with Crippen LogP contribution in [0, 0.1) is 6.92 Å². The van der Waals surface area contributed by atoms with Crippen LogP contribution < -0.4 is 0 Å². The first kappa shape index (κ1) is 16.6. The first-order valence-corrected chi connectivity index (χ1v) is 16.7. The molecule has 0 bridgehead atoms. The van der Waals surface area contributed by atoms with Gasteiger partial charge in [-0.25, -0.2) is 0 Å². The van der Waals surface area contributed by atoms with E-state index in [2.05, 4.69) is 79.4 Å². The molecule has 26 heavy (non-hydrogen) atoms. The van der Waals surface area contributed by atoms with Crippen molar-refractivity contribution in [1.29, 1.82) is 0 Å². The molecule has 0 aliphatic heterocycles. The summed E-state index contributed by atoms with van der Waals surface area (Å²) < 4.78 is 17.6. The van der Waals surface area contributed by atoms with Gasteiger partial charge in [-0.3, -0.25) is 0 Å². The zero-order valence-corrected chi connectivity index (χ0v) is 19.2. The van der Waals surface area contributed by atoms with Crippen LogP contribution in [-0.4, -0.2) is 18.3 Å². The Bertz CT molecular complexity index is 1030. The molecule has 0 radical (unpaired) electrons. The number of benzene rings is 2. The van der Waals surface area contributed by atoms with Crippen molar-refractivity contribution in [2.75, 3.05) is 0 Å². The third-order valence-electron chi connectivity index (χ3n) is 4.58. The number of hydrogen-bond acceptors (Lipinski definition) is 1. The summed E-state index contributed by atoms with van der Waals surface area (Å²) >= 11 is -2.60. The summed E-state index contributed by atoms with van der Waals surface area (Å²) in [6.45, 7) is 8.67. The molecule has 3 rings (SSSR count). The molecule has 0 spiro atoms. The molecule has 2 aromatic carbocycles. The maximum absolute atomic E-state index is 8.81. The quantitative estimate of drug-likeness (QED) is 0.429. The predicted octanol–water partition coefficient (Wildman–Crippen LogP) is 6.93. The molecular formula is C24H31GeN. The summed E-state index contributed by atoms with van der Waals surface area (Å²) in [5.41, 5.74) is 4.95. The van der Waals surface area contributed by atoms with Crippen LogP contribution >= 0.6 is 0 Å². The van der Waals surface area contributed by atoms with Gasteiger partial charge in [-0.05, 0) is 0 Å². The summed E-state index contributed by atoms with van der Waals surface area (Å²) in [5.74, 6) is 6.40. The molecule has 0 amide bonds. The molecule has 3 aromatic rings. The molecule has 0 unspecified atom stereocenters. The van der Waals surface area contributed by atoms with Crippen molar-refractivity contribution in [3.63, 3.8) is 0 Å². The van der Waals surface area contributed by atoms with Crippen molar-refractivity contribution in [3.05, 3.63) is 65.4 Å². The van der Waals surface area contributed by atoms with Crippen molar-refractivity contribution >= 4 is 24.0 Å². The van der Waals surface area contributed by atoms with E-state index < -0.39 is 18.5 Å². The topological polar surface area (TPSA) is 12.9 Å². The summed E-state index contributed by atoms with van der Waals surface area (Å²) in [6.07, 6.45) is 1.84.